The van der Waals surface area contributed by atoms with Crippen molar-refractivity contribution in [3.05, 3.63) is 64.8 Å². The third-order valence-corrected chi connectivity index (χ3v) is 4.04. The summed E-state index contributed by atoms with van der Waals surface area (Å²) < 4.78 is 6.86. The maximum Gasteiger partial charge on any atom is 0.219 e. The largest absolute Gasteiger partial charge is 0.438 e. The van der Waals surface area contributed by atoms with Crippen LogP contribution in [0.2, 0.25) is 0 Å². The van der Waals surface area contributed by atoms with E-state index in [4.69, 9.17) is 4.74 Å². The van der Waals surface area contributed by atoms with Crippen LogP contribution in [-0.2, 0) is 6.54 Å². The molecule has 0 saturated heterocycles. The van der Waals surface area contributed by atoms with E-state index >= 15 is 0 Å². The monoisotopic (exact) mass is 342 g/mol. The summed E-state index contributed by atoms with van der Waals surface area (Å²) in [5, 5.41) is 5.42. The molecule has 0 saturated carbocycles. The highest BCUT2D eigenvalue weighted by molar-refractivity contribution is 9.10. The molecular formula is C17H15BrN2O. The molecule has 1 N–H and O–H groups in total. The number of nitrogens with one attached hydrogen (secondary N) is 1. The lowest BCUT2D eigenvalue weighted by Crippen LogP contribution is -2.05. The van der Waals surface area contributed by atoms with Gasteiger partial charge in [0.15, 0.2) is 0 Å². The molecule has 0 bridgehead atoms. The summed E-state index contributed by atoms with van der Waals surface area (Å²) in [4.78, 5) is 4.27. The molecule has 0 spiro atoms. The number of pyridine rings is 1. The standard InChI is InChI=1S/C17H15BrN2O/c1-19-11-12-8-9-20-16(10-12)21-15-7-6-13-4-2-3-5-14(13)17(15)18/h2-10,19H,11H2,1H3. The number of rotatable bonds is 4. The van der Waals surface area contributed by atoms with Gasteiger partial charge in [0.1, 0.15) is 5.75 Å². The van der Waals surface area contributed by atoms with E-state index in [-0.39, 0.29) is 0 Å². The predicted molar refractivity (Wildman–Crippen MR) is 88.7 cm³/mol. The van der Waals surface area contributed by atoms with Gasteiger partial charge in [0.2, 0.25) is 5.88 Å². The van der Waals surface area contributed by atoms with Crippen molar-refractivity contribution in [1.29, 1.82) is 0 Å². The summed E-state index contributed by atoms with van der Waals surface area (Å²) >= 11 is 3.62. The zero-order chi connectivity index (χ0) is 14.7. The molecule has 0 radical (unpaired) electrons. The van der Waals surface area contributed by atoms with Crippen molar-refractivity contribution in [2.75, 3.05) is 7.05 Å². The van der Waals surface area contributed by atoms with Crippen LogP contribution in [0.15, 0.2) is 59.2 Å². The van der Waals surface area contributed by atoms with E-state index in [1.165, 1.54) is 5.39 Å². The van der Waals surface area contributed by atoms with Gasteiger partial charge in [-0.25, -0.2) is 4.98 Å². The smallest absolute Gasteiger partial charge is 0.219 e. The van der Waals surface area contributed by atoms with Crippen molar-refractivity contribution in [3.8, 4) is 11.6 Å². The van der Waals surface area contributed by atoms with Crippen LogP contribution < -0.4 is 10.1 Å². The van der Waals surface area contributed by atoms with E-state index in [1.54, 1.807) is 6.20 Å². The lowest BCUT2D eigenvalue weighted by atomic mass is 10.1. The Morgan fingerprint density at radius 1 is 1.14 bits per heavy atom. The molecule has 3 aromatic rings. The van der Waals surface area contributed by atoms with Crippen molar-refractivity contribution in [3.63, 3.8) is 0 Å². The second kappa shape index (κ2) is 6.24. The number of nitrogens with zero attached hydrogens (tertiary/aromatic N) is 1. The van der Waals surface area contributed by atoms with Crippen molar-refractivity contribution in [2.45, 2.75) is 6.54 Å². The highest BCUT2D eigenvalue weighted by Crippen LogP contribution is 2.35. The fourth-order valence-corrected chi connectivity index (χ4v) is 2.80. The topological polar surface area (TPSA) is 34.2 Å². The van der Waals surface area contributed by atoms with E-state index in [0.717, 1.165) is 27.7 Å². The summed E-state index contributed by atoms with van der Waals surface area (Å²) in [5.41, 5.74) is 1.14. The fourth-order valence-electron chi connectivity index (χ4n) is 2.23. The highest BCUT2D eigenvalue weighted by atomic mass is 79.9. The average Bonchev–Trinajstić information content (AvgIpc) is 2.51. The lowest BCUT2D eigenvalue weighted by molar-refractivity contribution is 0.460. The zero-order valence-corrected chi connectivity index (χ0v) is 13.2. The fraction of sp³-hybridized carbons (Fsp3) is 0.118. The molecule has 1 aromatic heterocycles. The van der Waals surface area contributed by atoms with Crippen LogP contribution in [-0.4, -0.2) is 12.0 Å². The Balaban J connectivity index is 1.94. The van der Waals surface area contributed by atoms with Crippen molar-refractivity contribution < 1.29 is 4.74 Å². The Bertz CT molecular complexity index is 774. The minimum Gasteiger partial charge on any atom is -0.438 e. The zero-order valence-electron chi connectivity index (χ0n) is 11.6. The Morgan fingerprint density at radius 2 is 2.00 bits per heavy atom. The molecule has 0 fully saturated rings. The number of ether oxygens (including phenoxy) is 1. The quantitative estimate of drug-likeness (QED) is 0.757. The van der Waals surface area contributed by atoms with E-state index in [2.05, 4.69) is 38.4 Å². The molecule has 0 aliphatic heterocycles. The average molecular weight is 343 g/mol. The van der Waals surface area contributed by atoms with Crippen molar-refractivity contribution in [1.82, 2.24) is 10.3 Å². The Hall–Kier alpha value is -1.91. The van der Waals surface area contributed by atoms with Crippen molar-refractivity contribution in [2.24, 2.45) is 0 Å². The Labute approximate surface area is 132 Å². The second-order valence-electron chi connectivity index (χ2n) is 4.73. The first-order valence-electron chi connectivity index (χ1n) is 6.72. The molecule has 0 amide bonds. The minimum atomic E-state index is 0.596. The minimum absolute atomic E-state index is 0.596. The first kappa shape index (κ1) is 14.0. The van der Waals surface area contributed by atoms with Gasteiger partial charge in [-0.15, -0.1) is 0 Å². The van der Waals surface area contributed by atoms with Crippen LogP contribution in [0.1, 0.15) is 5.56 Å². The molecule has 0 aliphatic carbocycles. The van der Waals surface area contributed by atoms with Gasteiger partial charge in [0.25, 0.3) is 0 Å². The van der Waals surface area contributed by atoms with Gasteiger partial charge in [-0.1, -0.05) is 30.3 Å². The van der Waals surface area contributed by atoms with Crippen LogP contribution in [0.25, 0.3) is 10.8 Å². The summed E-state index contributed by atoms with van der Waals surface area (Å²) in [6.45, 7) is 0.789. The molecule has 0 atom stereocenters. The molecule has 3 nitrogen and oxygen atoms in total. The van der Waals surface area contributed by atoms with Gasteiger partial charge in [-0.3, -0.25) is 0 Å². The van der Waals surface area contributed by atoms with Gasteiger partial charge in [-0.05, 0) is 51.4 Å². The molecule has 3 rings (SSSR count). The lowest BCUT2D eigenvalue weighted by Gasteiger charge is -2.10. The van der Waals surface area contributed by atoms with Crippen LogP contribution >= 0.6 is 15.9 Å². The third-order valence-electron chi connectivity index (χ3n) is 3.22. The molecule has 1 heterocycles. The first-order chi connectivity index (χ1) is 10.3. The number of halogens is 1. The Morgan fingerprint density at radius 3 is 2.86 bits per heavy atom. The molecule has 106 valence electrons. The van der Waals surface area contributed by atoms with Crippen LogP contribution in [0.4, 0.5) is 0 Å². The van der Waals surface area contributed by atoms with Gasteiger partial charge >= 0.3 is 0 Å². The first-order valence-corrected chi connectivity index (χ1v) is 7.52. The Kier molecular flexibility index (Phi) is 4.18. The second-order valence-corrected chi connectivity index (χ2v) is 5.53. The maximum absolute atomic E-state index is 5.92. The molecular weight excluding hydrogens is 328 g/mol. The van der Waals surface area contributed by atoms with Crippen molar-refractivity contribution >= 4 is 26.7 Å². The predicted octanol–water partition coefficient (Wildman–Crippen LogP) is 4.51. The van der Waals surface area contributed by atoms with Crippen LogP contribution in [0, 0.1) is 0 Å². The molecule has 0 unspecified atom stereocenters. The number of benzene rings is 2. The molecule has 21 heavy (non-hydrogen) atoms. The van der Waals surface area contributed by atoms with E-state index in [0.29, 0.717) is 5.88 Å². The van der Waals surface area contributed by atoms with Crippen LogP contribution in [0.5, 0.6) is 11.6 Å². The van der Waals surface area contributed by atoms with Gasteiger partial charge in [0, 0.05) is 18.8 Å². The number of hydrogen-bond donors (Lipinski definition) is 1. The summed E-state index contributed by atoms with van der Waals surface area (Å²) in [6, 6.07) is 16.1. The SMILES string of the molecule is CNCc1ccnc(Oc2ccc3ccccc3c2Br)c1. The molecule has 2 aromatic carbocycles. The highest BCUT2D eigenvalue weighted by Gasteiger charge is 2.08. The van der Waals surface area contributed by atoms with Gasteiger partial charge in [-0.2, -0.15) is 0 Å². The number of fused-ring (bicyclic) bond motifs is 1. The number of hydrogen-bond acceptors (Lipinski definition) is 3. The molecule has 0 aliphatic rings. The maximum atomic E-state index is 5.92. The van der Waals surface area contributed by atoms with Crippen LogP contribution in [0.3, 0.4) is 0 Å². The summed E-state index contributed by atoms with van der Waals surface area (Å²) in [7, 11) is 1.92. The normalized spacial score (nSPS) is 10.8. The third kappa shape index (κ3) is 3.06. The van der Waals surface area contributed by atoms with Gasteiger partial charge in [0.05, 0.1) is 4.47 Å². The van der Waals surface area contributed by atoms with Gasteiger partial charge < -0.3 is 10.1 Å². The molecule has 4 heteroatoms. The van der Waals surface area contributed by atoms with E-state index < -0.39 is 0 Å². The number of aromatic nitrogens is 1. The van der Waals surface area contributed by atoms with E-state index in [1.807, 2.05) is 43.4 Å². The summed E-state index contributed by atoms with van der Waals surface area (Å²) in [6.07, 6.45) is 1.76. The van der Waals surface area contributed by atoms with E-state index in [9.17, 15) is 0 Å². The summed E-state index contributed by atoms with van der Waals surface area (Å²) in [5.74, 6) is 1.36.